The van der Waals surface area contributed by atoms with Gasteiger partial charge in [-0.3, -0.25) is 0 Å². The molecule has 1 heterocycles. The highest BCUT2D eigenvalue weighted by molar-refractivity contribution is 7.89. The minimum atomic E-state index is -3.44. The Hall–Kier alpha value is -1.14. The highest BCUT2D eigenvalue weighted by Gasteiger charge is 2.22. The van der Waals surface area contributed by atoms with Crippen LogP contribution in [0.3, 0.4) is 0 Å². The summed E-state index contributed by atoms with van der Waals surface area (Å²) >= 11 is 0. The van der Waals surface area contributed by atoms with Crippen LogP contribution in [0.4, 0.5) is 5.82 Å². The fourth-order valence-electron chi connectivity index (χ4n) is 2.77. The molecule has 2 N–H and O–H groups in total. The summed E-state index contributed by atoms with van der Waals surface area (Å²) in [5.41, 5.74) is 0. The fraction of sp³-hybridized carbons (Fsp3) is 0.643. The molecule has 1 aromatic rings. The summed E-state index contributed by atoms with van der Waals surface area (Å²) in [4.78, 5) is 4.29. The topological polar surface area (TPSA) is 71.1 Å². The summed E-state index contributed by atoms with van der Waals surface area (Å²) in [6, 6.07) is 3.07. The molecule has 2 atom stereocenters. The summed E-state index contributed by atoms with van der Waals surface area (Å²) < 4.78 is 27.2. The lowest BCUT2D eigenvalue weighted by Gasteiger charge is -2.26. The lowest BCUT2D eigenvalue weighted by atomic mass is 9.83. The molecule has 2 rings (SSSR count). The zero-order valence-electron chi connectivity index (χ0n) is 12.1. The second-order valence-electron chi connectivity index (χ2n) is 5.62. The molecule has 0 bridgehead atoms. The van der Waals surface area contributed by atoms with Crippen LogP contribution < -0.4 is 10.0 Å². The molecule has 20 heavy (non-hydrogen) atoms. The number of hydrogen-bond acceptors (Lipinski definition) is 4. The number of hydrogen-bond donors (Lipinski definition) is 2. The van der Waals surface area contributed by atoms with E-state index >= 15 is 0 Å². The third-order valence-corrected chi connectivity index (χ3v) is 5.33. The van der Waals surface area contributed by atoms with Gasteiger partial charge in [0.2, 0.25) is 10.0 Å². The Balaban J connectivity index is 1.99. The van der Waals surface area contributed by atoms with Gasteiger partial charge >= 0.3 is 0 Å². The smallest absolute Gasteiger partial charge is 0.240 e. The van der Waals surface area contributed by atoms with E-state index in [1.807, 2.05) is 0 Å². The highest BCUT2D eigenvalue weighted by atomic mass is 32.2. The normalized spacial score (nSPS) is 23.5. The zero-order chi connectivity index (χ0) is 14.6. The quantitative estimate of drug-likeness (QED) is 0.874. The second-order valence-corrected chi connectivity index (χ2v) is 7.38. The third kappa shape index (κ3) is 3.93. The highest BCUT2D eigenvalue weighted by Crippen LogP contribution is 2.28. The van der Waals surface area contributed by atoms with Crippen LogP contribution in [0.1, 0.15) is 32.6 Å². The lowest BCUT2D eigenvalue weighted by molar-refractivity contribution is 0.283. The van der Waals surface area contributed by atoms with Crippen molar-refractivity contribution in [2.24, 2.45) is 11.8 Å². The van der Waals surface area contributed by atoms with Crippen LogP contribution in [0.2, 0.25) is 0 Å². The van der Waals surface area contributed by atoms with Gasteiger partial charge in [-0.2, -0.15) is 0 Å². The molecule has 0 saturated heterocycles. The van der Waals surface area contributed by atoms with Gasteiger partial charge in [-0.05, 0) is 30.7 Å². The van der Waals surface area contributed by atoms with E-state index in [4.69, 9.17) is 0 Å². The van der Waals surface area contributed by atoms with Crippen molar-refractivity contribution in [2.75, 3.05) is 18.9 Å². The van der Waals surface area contributed by atoms with Crippen LogP contribution in [0, 0.1) is 11.8 Å². The minimum absolute atomic E-state index is 0.265. The van der Waals surface area contributed by atoms with Crippen LogP contribution in [0.15, 0.2) is 23.2 Å². The van der Waals surface area contributed by atoms with Gasteiger partial charge in [0.1, 0.15) is 5.82 Å². The molecule has 0 spiro atoms. The number of aromatic nitrogens is 1. The third-order valence-electron chi connectivity index (χ3n) is 3.90. The number of sulfonamides is 1. The molecule has 2 unspecified atom stereocenters. The molecular formula is C14H23N3O2S. The Labute approximate surface area is 121 Å². The van der Waals surface area contributed by atoms with E-state index in [1.165, 1.54) is 25.1 Å². The average Bonchev–Trinajstić information content (AvgIpc) is 2.45. The first-order valence-corrected chi connectivity index (χ1v) is 8.63. The van der Waals surface area contributed by atoms with Crippen molar-refractivity contribution in [1.82, 2.24) is 9.71 Å². The maximum atomic E-state index is 12.3. The molecule has 1 fully saturated rings. The van der Waals surface area contributed by atoms with E-state index in [2.05, 4.69) is 21.9 Å². The van der Waals surface area contributed by atoms with Gasteiger partial charge in [0, 0.05) is 25.9 Å². The summed E-state index contributed by atoms with van der Waals surface area (Å²) in [5, 5.41) is 2.85. The maximum Gasteiger partial charge on any atom is 0.240 e. The van der Waals surface area contributed by atoms with E-state index in [-0.39, 0.29) is 4.90 Å². The predicted molar refractivity (Wildman–Crippen MR) is 80.1 cm³/mol. The molecule has 1 aromatic heterocycles. The van der Waals surface area contributed by atoms with E-state index < -0.39 is 10.0 Å². The average molecular weight is 297 g/mol. The Bertz CT molecular complexity index is 545. The van der Waals surface area contributed by atoms with Gasteiger partial charge in [-0.25, -0.2) is 18.1 Å². The lowest BCUT2D eigenvalue weighted by Crippen LogP contribution is -2.31. The van der Waals surface area contributed by atoms with Crippen molar-refractivity contribution in [3.8, 4) is 0 Å². The van der Waals surface area contributed by atoms with Crippen LogP contribution in [0.25, 0.3) is 0 Å². The molecule has 0 aliphatic heterocycles. The standard InChI is InChI=1S/C14H23N3O2S/c1-11-4-3-5-12(8-11)10-17-20(18,19)13-6-7-16-14(9-13)15-2/h6-7,9,11-12,17H,3-5,8,10H2,1-2H3,(H,15,16). The number of rotatable bonds is 5. The van der Waals surface area contributed by atoms with E-state index in [1.54, 1.807) is 13.1 Å². The molecule has 5 nitrogen and oxygen atoms in total. The monoisotopic (exact) mass is 297 g/mol. The van der Waals surface area contributed by atoms with Gasteiger partial charge in [0.15, 0.2) is 0 Å². The van der Waals surface area contributed by atoms with E-state index in [9.17, 15) is 8.42 Å². The van der Waals surface area contributed by atoms with Crippen molar-refractivity contribution in [3.05, 3.63) is 18.3 Å². The summed E-state index contributed by atoms with van der Waals surface area (Å²) in [5.74, 6) is 1.72. The van der Waals surface area contributed by atoms with Gasteiger partial charge in [0.05, 0.1) is 4.90 Å². The van der Waals surface area contributed by atoms with Crippen LogP contribution >= 0.6 is 0 Å². The fourth-order valence-corrected chi connectivity index (χ4v) is 3.90. The molecule has 1 aliphatic rings. The number of anilines is 1. The zero-order valence-corrected chi connectivity index (χ0v) is 12.9. The first-order chi connectivity index (χ1) is 9.51. The van der Waals surface area contributed by atoms with Crippen LogP contribution in [0.5, 0.6) is 0 Å². The van der Waals surface area contributed by atoms with Crippen molar-refractivity contribution in [1.29, 1.82) is 0 Å². The van der Waals surface area contributed by atoms with Crippen molar-refractivity contribution in [3.63, 3.8) is 0 Å². The Morgan fingerprint density at radius 1 is 1.40 bits per heavy atom. The Kier molecular flexibility index (Phi) is 4.99. The molecule has 6 heteroatoms. The molecule has 0 aromatic carbocycles. The van der Waals surface area contributed by atoms with Gasteiger partial charge in [-0.15, -0.1) is 0 Å². The van der Waals surface area contributed by atoms with Crippen molar-refractivity contribution < 1.29 is 8.42 Å². The second kappa shape index (κ2) is 6.54. The van der Waals surface area contributed by atoms with Crippen LogP contribution in [-0.2, 0) is 10.0 Å². The predicted octanol–water partition coefficient (Wildman–Crippen LogP) is 2.23. The van der Waals surface area contributed by atoms with E-state index in [0.29, 0.717) is 24.2 Å². The van der Waals surface area contributed by atoms with E-state index in [0.717, 1.165) is 12.8 Å². The Morgan fingerprint density at radius 2 is 2.20 bits per heavy atom. The van der Waals surface area contributed by atoms with Crippen LogP contribution in [-0.4, -0.2) is 27.0 Å². The Morgan fingerprint density at radius 3 is 2.90 bits per heavy atom. The number of pyridine rings is 1. The van der Waals surface area contributed by atoms with Gasteiger partial charge < -0.3 is 5.32 Å². The first-order valence-electron chi connectivity index (χ1n) is 7.14. The summed E-state index contributed by atoms with van der Waals surface area (Å²) in [6.45, 7) is 2.77. The largest absolute Gasteiger partial charge is 0.373 e. The molecule has 0 radical (unpaired) electrons. The molecular weight excluding hydrogens is 274 g/mol. The molecule has 1 saturated carbocycles. The van der Waals surface area contributed by atoms with Crippen molar-refractivity contribution in [2.45, 2.75) is 37.5 Å². The molecule has 0 amide bonds. The van der Waals surface area contributed by atoms with Gasteiger partial charge in [-0.1, -0.05) is 19.8 Å². The van der Waals surface area contributed by atoms with Gasteiger partial charge in [0.25, 0.3) is 0 Å². The maximum absolute atomic E-state index is 12.3. The first kappa shape index (κ1) is 15.3. The summed E-state index contributed by atoms with van der Waals surface area (Å²) in [7, 11) is -1.72. The molecule has 112 valence electrons. The minimum Gasteiger partial charge on any atom is -0.373 e. The molecule has 1 aliphatic carbocycles. The SMILES string of the molecule is CNc1cc(S(=O)(=O)NCC2CCCC(C)C2)ccn1. The summed E-state index contributed by atoms with van der Waals surface area (Å²) in [6.07, 6.45) is 6.19. The number of nitrogens with zero attached hydrogens (tertiary/aromatic N) is 1. The number of nitrogens with one attached hydrogen (secondary N) is 2. The van der Waals surface area contributed by atoms with Crippen molar-refractivity contribution >= 4 is 15.8 Å².